The summed E-state index contributed by atoms with van der Waals surface area (Å²) in [5.74, 6) is 0.781. The fraction of sp³-hybridized carbons (Fsp3) is 0.552. The summed E-state index contributed by atoms with van der Waals surface area (Å²) in [5, 5.41) is 16.0. The molecular formula is C29H35N7O4. The number of pyridine rings is 2. The Balaban J connectivity index is 1.24. The van der Waals surface area contributed by atoms with Crippen molar-refractivity contribution in [1.29, 1.82) is 5.26 Å². The molecule has 7 rings (SSSR count). The van der Waals surface area contributed by atoms with Gasteiger partial charge in [-0.3, -0.25) is 15.0 Å². The molecule has 3 fully saturated rings. The largest absolute Gasteiger partial charge is 0.379 e. The second-order valence-electron chi connectivity index (χ2n) is 11.4. The van der Waals surface area contributed by atoms with Gasteiger partial charge in [-0.25, -0.2) is 14.8 Å². The first-order valence-electron chi connectivity index (χ1n) is 14.1. The van der Waals surface area contributed by atoms with Gasteiger partial charge in [-0.05, 0) is 45.2 Å². The summed E-state index contributed by atoms with van der Waals surface area (Å²) in [6.07, 6.45) is 8.60. The van der Waals surface area contributed by atoms with Crippen LogP contribution in [0.1, 0.15) is 66.6 Å². The molecule has 11 nitrogen and oxygen atoms in total. The number of hydrogen-bond donors (Lipinski definition) is 2. The van der Waals surface area contributed by atoms with Crippen LogP contribution >= 0.6 is 0 Å². The molecule has 0 spiro atoms. The van der Waals surface area contributed by atoms with Crippen molar-refractivity contribution in [2.75, 3.05) is 42.8 Å². The number of urea groups is 1. The lowest BCUT2D eigenvalue weighted by molar-refractivity contribution is -0.168. The SMILES string of the molecule is COC1CCCC1Nc1cc(NC(=O)N2c3nc(C=O)ccc3C3(OC4CCN(C)CC4)CC2C3)ncc1C#N. The summed E-state index contributed by atoms with van der Waals surface area (Å²) < 4.78 is 12.3. The summed E-state index contributed by atoms with van der Waals surface area (Å²) >= 11 is 0. The zero-order chi connectivity index (χ0) is 27.9. The van der Waals surface area contributed by atoms with E-state index in [0.717, 1.165) is 50.8 Å². The van der Waals surface area contributed by atoms with Gasteiger partial charge in [0.1, 0.15) is 29.0 Å². The second kappa shape index (κ2) is 10.8. The molecule has 2 atom stereocenters. The van der Waals surface area contributed by atoms with Crippen molar-refractivity contribution in [2.24, 2.45) is 0 Å². The lowest BCUT2D eigenvalue weighted by Crippen LogP contribution is -2.63. The Morgan fingerprint density at radius 1 is 1.23 bits per heavy atom. The molecule has 2 saturated carbocycles. The first kappa shape index (κ1) is 26.6. The first-order valence-corrected chi connectivity index (χ1v) is 14.1. The van der Waals surface area contributed by atoms with Gasteiger partial charge in [0, 0.05) is 56.9 Å². The van der Waals surface area contributed by atoms with E-state index in [1.54, 1.807) is 24.1 Å². The van der Waals surface area contributed by atoms with Gasteiger partial charge in [0.2, 0.25) is 0 Å². The van der Waals surface area contributed by atoms with Gasteiger partial charge in [-0.1, -0.05) is 6.07 Å². The Morgan fingerprint density at radius 2 is 2.02 bits per heavy atom. The lowest BCUT2D eigenvalue weighted by atomic mass is 9.67. The molecule has 2 aromatic heterocycles. The average molecular weight is 546 g/mol. The van der Waals surface area contributed by atoms with E-state index in [1.807, 2.05) is 6.07 Å². The summed E-state index contributed by atoms with van der Waals surface area (Å²) in [6.45, 7) is 1.99. The number of rotatable bonds is 7. The fourth-order valence-corrected chi connectivity index (χ4v) is 6.66. The van der Waals surface area contributed by atoms with Crippen molar-refractivity contribution < 1.29 is 19.1 Å². The molecule has 3 aliphatic heterocycles. The molecule has 0 aromatic carbocycles. The van der Waals surface area contributed by atoms with Gasteiger partial charge >= 0.3 is 6.03 Å². The number of nitrogens with zero attached hydrogens (tertiary/aromatic N) is 5. The van der Waals surface area contributed by atoms with Crippen LogP contribution in [0.25, 0.3) is 0 Å². The predicted molar refractivity (Wildman–Crippen MR) is 148 cm³/mol. The topological polar surface area (TPSA) is 133 Å². The lowest BCUT2D eigenvalue weighted by Gasteiger charge is -2.57. The first-order chi connectivity index (χ1) is 19.4. The van der Waals surface area contributed by atoms with Gasteiger partial charge < -0.3 is 19.7 Å². The van der Waals surface area contributed by atoms with E-state index in [9.17, 15) is 14.9 Å². The molecule has 0 radical (unpaired) electrons. The summed E-state index contributed by atoms with van der Waals surface area (Å²) in [6, 6.07) is 7.03. The van der Waals surface area contributed by atoms with E-state index >= 15 is 0 Å². The standard InChI is InChI=1S/C29H35N7O4/c1-35-10-8-21(9-11-35)40-29-13-20(14-29)36(27-22(29)7-6-19(17-37)32-27)28(38)34-26-12-24(18(15-30)16-31-26)33-23-4-3-5-25(23)39-2/h6-7,12,16-17,20-21,23,25H,3-5,8-11,13-14H2,1-2H3,(H2,31,33,34,38). The molecule has 5 heterocycles. The number of ether oxygens (including phenoxy) is 2. The molecule has 2 aliphatic carbocycles. The second-order valence-corrected chi connectivity index (χ2v) is 11.4. The molecule has 40 heavy (non-hydrogen) atoms. The minimum atomic E-state index is -0.491. The van der Waals surface area contributed by atoms with E-state index in [2.05, 4.69) is 38.6 Å². The van der Waals surface area contributed by atoms with Crippen molar-refractivity contribution >= 4 is 29.6 Å². The van der Waals surface area contributed by atoms with Crippen molar-refractivity contribution in [2.45, 2.75) is 74.8 Å². The van der Waals surface area contributed by atoms with E-state index in [-0.39, 0.29) is 36.0 Å². The predicted octanol–water partition coefficient (Wildman–Crippen LogP) is 3.66. The number of likely N-dealkylation sites (tertiary alicyclic amines) is 1. The van der Waals surface area contributed by atoms with Crippen molar-refractivity contribution in [3.63, 3.8) is 0 Å². The quantitative estimate of drug-likeness (QED) is 0.500. The molecule has 2 N–H and O–H groups in total. The van der Waals surface area contributed by atoms with Crippen LogP contribution in [0.2, 0.25) is 0 Å². The van der Waals surface area contributed by atoms with Crippen LogP contribution in [0.15, 0.2) is 24.4 Å². The third kappa shape index (κ3) is 4.80. The fourth-order valence-electron chi connectivity index (χ4n) is 6.66. The Morgan fingerprint density at radius 3 is 2.75 bits per heavy atom. The van der Waals surface area contributed by atoms with E-state index in [4.69, 9.17) is 9.47 Å². The third-order valence-corrected chi connectivity index (χ3v) is 8.86. The number of carbonyl (C=O) groups is 2. The minimum Gasteiger partial charge on any atom is -0.379 e. The van der Waals surface area contributed by atoms with Gasteiger partial charge in [0.25, 0.3) is 0 Å². The molecule has 210 valence electrons. The maximum Gasteiger partial charge on any atom is 0.328 e. The maximum atomic E-state index is 13.7. The molecule has 2 amide bonds. The number of methoxy groups -OCH3 is 1. The number of amides is 2. The number of nitrogens with one attached hydrogen (secondary N) is 2. The minimum absolute atomic E-state index is 0.0660. The number of carbonyl (C=O) groups excluding carboxylic acids is 2. The van der Waals surface area contributed by atoms with Crippen LogP contribution in [0.4, 0.5) is 22.1 Å². The van der Waals surface area contributed by atoms with Crippen molar-refractivity contribution in [3.8, 4) is 6.07 Å². The molecule has 2 unspecified atom stereocenters. The van der Waals surface area contributed by atoms with Crippen molar-refractivity contribution in [1.82, 2.24) is 14.9 Å². The van der Waals surface area contributed by atoms with Crippen LogP contribution in [0.5, 0.6) is 0 Å². The van der Waals surface area contributed by atoms with Gasteiger partial charge in [-0.15, -0.1) is 0 Å². The summed E-state index contributed by atoms with van der Waals surface area (Å²) in [5.41, 5.74) is 1.62. The Labute approximate surface area is 233 Å². The van der Waals surface area contributed by atoms with Gasteiger partial charge in [0.05, 0.1) is 29.5 Å². The number of hydrogen-bond acceptors (Lipinski definition) is 9. The van der Waals surface area contributed by atoms with Crippen LogP contribution in [0.3, 0.4) is 0 Å². The Bertz CT molecular complexity index is 1330. The Hall–Kier alpha value is -3.59. The zero-order valence-corrected chi connectivity index (χ0v) is 22.9. The number of aldehydes is 1. The number of nitriles is 1. The zero-order valence-electron chi connectivity index (χ0n) is 22.9. The van der Waals surface area contributed by atoms with E-state index in [0.29, 0.717) is 42.0 Å². The van der Waals surface area contributed by atoms with Crippen molar-refractivity contribution in [3.05, 3.63) is 41.2 Å². The number of aromatic nitrogens is 2. The van der Waals surface area contributed by atoms with E-state index < -0.39 is 5.60 Å². The van der Waals surface area contributed by atoms with Crippen LogP contribution in [0, 0.1) is 11.3 Å². The highest BCUT2D eigenvalue weighted by atomic mass is 16.5. The third-order valence-electron chi connectivity index (χ3n) is 8.86. The molecule has 5 aliphatic rings. The number of anilines is 3. The van der Waals surface area contributed by atoms with Gasteiger partial charge in [-0.2, -0.15) is 5.26 Å². The van der Waals surface area contributed by atoms with Crippen LogP contribution in [-0.2, 0) is 15.1 Å². The van der Waals surface area contributed by atoms with E-state index in [1.165, 1.54) is 6.20 Å². The van der Waals surface area contributed by atoms with Crippen LogP contribution < -0.4 is 15.5 Å². The highest BCUT2D eigenvalue weighted by Gasteiger charge is 2.58. The molecule has 2 bridgehead atoms. The molecule has 1 saturated heterocycles. The average Bonchev–Trinajstić information content (AvgIpc) is 3.40. The molecule has 2 aromatic rings. The molecular weight excluding hydrogens is 510 g/mol. The highest BCUT2D eigenvalue weighted by molar-refractivity contribution is 6.03. The normalized spacial score (nSPS) is 27.8. The monoisotopic (exact) mass is 545 g/mol. The summed E-state index contributed by atoms with van der Waals surface area (Å²) in [7, 11) is 3.82. The summed E-state index contributed by atoms with van der Waals surface area (Å²) in [4.78, 5) is 38.1. The maximum absolute atomic E-state index is 13.7. The smallest absolute Gasteiger partial charge is 0.328 e. The highest BCUT2D eigenvalue weighted by Crippen LogP contribution is 2.56. The van der Waals surface area contributed by atoms with Gasteiger partial charge in [0.15, 0.2) is 6.29 Å². The molecule has 11 heteroatoms. The number of piperidine rings is 1. The Kier molecular flexibility index (Phi) is 7.16. The van der Waals surface area contributed by atoms with Crippen LogP contribution in [-0.4, -0.2) is 78.7 Å².